The molecule has 1 aliphatic rings. The Bertz CT molecular complexity index is 846. The van der Waals surface area contributed by atoms with Crippen molar-refractivity contribution in [3.05, 3.63) is 69.3 Å². The molecule has 29 heavy (non-hydrogen) atoms. The number of piperidine rings is 1. The van der Waals surface area contributed by atoms with Gasteiger partial charge in [0.15, 0.2) is 5.75 Å². The van der Waals surface area contributed by atoms with E-state index in [0.29, 0.717) is 13.2 Å². The van der Waals surface area contributed by atoms with Crippen molar-refractivity contribution in [3.63, 3.8) is 0 Å². The van der Waals surface area contributed by atoms with E-state index in [-0.39, 0.29) is 22.9 Å². The van der Waals surface area contributed by atoms with Gasteiger partial charge in [-0.1, -0.05) is 24.3 Å². The first-order valence-electron chi connectivity index (χ1n) is 10.2. The minimum atomic E-state index is -0.537. The molecule has 154 valence electrons. The summed E-state index contributed by atoms with van der Waals surface area (Å²) in [5.41, 5.74) is 2.34. The van der Waals surface area contributed by atoms with Crippen molar-refractivity contribution in [2.24, 2.45) is 0 Å². The first-order chi connectivity index (χ1) is 14.1. The Morgan fingerprint density at radius 2 is 1.79 bits per heavy atom. The fourth-order valence-electron chi connectivity index (χ4n) is 3.66. The quantitative estimate of drug-likeness (QED) is 0.528. The average Bonchev–Trinajstić information content (AvgIpc) is 2.74. The molecule has 2 aromatic rings. The maximum Gasteiger partial charge on any atom is 0.311 e. The van der Waals surface area contributed by atoms with E-state index in [1.807, 2.05) is 12.1 Å². The van der Waals surface area contributed by atoms with Gasteiger partial charge in [0.05, 0.1) is 24.6 Å². The summed E-state index contributed by atoms with van der Waals surface area (Å²) in [5, 5.41) is 14.0. The van der Waals surface area contributed by atoms with Gasteiger partial charge >= 0.3 is 5.69 Å². The van der Waals surface area contributed by atoms with Gasteiger partial charge in [0.25, 0.3) is 5.91 Å². The molecule has 1 fully saturated rings. The predicted octanol–water partition coefficient (Wildman–Crippen LogP) is 2.49. The summed E-state index contributed by atoms with van der Waals surface area (Å²) in [4.78, 5) is 24.7. The Kier molecular flexibility index (Phi) is 7.19. The number of nitro groups is 1. The normalized spacial score (nSPS) is 14.4. The van der Waals surface area contributed by atoms with E-state index in [1.165, 1.54) is 56.1 Å². The van der Waals surface area contributed by atoms with Gasteiger partial charge in [0, 0.05) is 23.7 Å². The second-order valence-corrected chi connectivity index (χ2v) is 7.36. The molecule has 0 spiro atoms. The maximum atomic E-state index is 12.4. The van der Waals surface area contributed by atoms with Crippen LogP contribution in [0.25, 0.3) is 0 Å². The van der Waals surface area contributed by atoms with E-state index in [0.717, 1.165) is 12.1 Å². The van der Waals surface area contributed by atoms with Gasteiger partial charge in [0.2, 0.25) is 0 Å². The largest absolute Gasteiger partial charge is 0.487 e. The van der Waals surface area contributed by atoms with Crippen LogP contribution in [0.15, 0.2) is 42.5 Å². The molecule has 1 saturated heterocycles. The number of nitro benzene ring substituents is 1. The van der Waals surface area contributed by atoms with Crippen LogP contribution in [0.1, 0.15) is 47.7 Å². The highest BCUT2D eigenvalue weighted by Gasteiger charge is 2.18. The zero-order valence-electron chi connectivity index (χ0n) is 16.8. The van der Waals surface area contributed by atoms with Crippen LogP contribution in [-0.2, 0) is 13.1 Å². The fraction of sp³-hybridized carbons (Fsp3) is 0.409. The summed E-state index contributed by atoms with van der Waals surface area (Å²) in [6, 6.07) is 12.5. The Balaban J connectivity index is 1.57. The number of rotatable bonds is 8. The highest BCUT2D eigenvalue weighted by Crippen LogP contribution is 2.28. The van der Waals surface area contributed by atoms with Gasteiger partial charge in [-0.15, -0.1) is 0 Å². The fourth-order valence-corrected chi connectivity index (χ4v) is 3.66. The third kappa shape index (κ3) is 5.77. The molecule has 0 bridgehead atoms. The number of amides is 1. The molecule has 1 heterocycles. The standard InChI is InChI=1S/C22H27N3O4/c1-2-29-21-11-10-19(14-20(21)25(27)28)22(26)23-15-17-6-8-18(9-7-17)16-24-12-4-3-5-13-24/h6-11,14H,2-5,12-13,15-16H2,1H3,(H,23,26)/p+1. The molecular formula is C22H28N3O4+. The molecule has 1 amide bonds. The Morgan fingerprint density at radius 3 is 2.45 bits per heavy atom. The highest BCUT2D eigenvalue weighted by molar-refractivity contribution is 5.95. The van der Waals surface area contributed by atoms with Crippen LogP contribution >= 0.6 is 0 Å². The minimum absolute atomic E-state index is 0.167. The lowest BCUT2D eigenvalue weighted by Crippen LogP contribution is -3.11. The lowest BCUT2D eigenvalue weighted by molar-refractivity contribution is -0.918. The Labute approximate surface area is 170 Å². The molecule has 0 unspecified atom stereocenters. The van der Waals surface area contributed by atoms with Crippen LogP contribution in [-0.4, -0.2) is 30.5 Å². The van der Waals surface area contributed by atoms with Crippen LogP contribution in [0, 0.1) is 10.1 Å². The number of carbonyl (C=O) groups excluding carboxylic acids is 1. The van der Waals surface area contributed by atoms with Crippen molar-refractivity contribution in [1.82, 2.24) is 5.32 Å². The number of nitrogens with one attached hydrogen (secondary N) is 2. The minimum Gasteiger partial charge on any atom is -0.487 e. The van der Waals surface area contributed by atoms with E-state index in [2.05, 4.69) is 17.4 Å². The Morgan fingerprint density at radius 1 is 1.10 bits per heavy atom. The van der Waals surface area contributed by atoms with Crippen LogP contribution in [0.3, 0.4) is 0 Å². The molecule has 0 radical (unpaired) electrons. The van der Waals surface area contributed by atoms with Crippen LogP contribution < -0.4 is 15.0 Å². The number of carbonyl (C=O) groups is 1. The van der Waals surface area contributed by atoms with Crippen molar-refractivity contribution in [1.29, 1.82) is 0 Å². The SMILES string of the molecule is CCOc1ccc(C(=O)NCc2ccc(C[NH+]3CCCCC3)cc2)cc1[N+](=O)[O-]. The van der Waals surface area contributed by atoms with E-state index < -0.39 is 4.92 Å². The van der Waals surface area contributed by atoms with Gasteiger partial charge in [0.1, 0.15) is 6.54 Å². The molecule has 0 aliphatic carbocycles. The van der Waals surface area contributed by atoms with Gasteiger partial charge in [-0.2, -0.15) is 0 Å². The molecule has 1 aliphatic heterocycles. The summed E-state index contributed by atoms with van der Waals surface area (Å²) in [6.45, 7) is 5.97. The molecule has 3 rings (SSSR count). The summed E-state index contributed by atoms with van der Waals surface area (Å²) in [6.07, 6.45) is 3.96. The summed E-state index contributed by atoms with van der Waals surface area (Å²) in [5.74, 6) is -0.182. The molecular weight excluding hydrogens is 370 g/mol. The van der Waals surface area contributed by atoms with Crippen molar-refractivity contribution < 1.29 is 19.4 Å². The summed E-state index contributed by atoms with van der Waals surface area (Å²) >= 11 is 0. The number of ether oxygens (including phenoxy) is 1. The lowest BCUT2D eigenvalue weighted by Gasteiger charge is -2.23. The molecule has 2 N–H and O–H groups in total. The maximum absolute atomic E-state index is 12.4. The third-order valence-corrected chi connectivity index (χ3v) is 5.21. The zero-order valence-corrected chi connectivity index (χ0v) is 16.8. The second kappa shape index (κ2) is 10.0. The Hall–Kier alpha value is -2.93. The van der Waals surface area contributed by atoms with Crippen LogP contribution in [0.2, 0.25) is 0 Å². The molecule has 2 aromatic carbocycles. The number of nitrogens with zero attached hydrogens (tertiary/aromatic N) is 1. The topological polar surface area (TPSA) is 85.9 Å². The average molecular weight is 398 g/mol. The van der Waals surface area contributed by atoms with Crippen LogP contribution in [0.4, 0.5) is 5.69 Å². The van der Waals surface area contributed by atoms with Crippen molar-refractivity contribution in [2.75, 3.05) is 19.7 Å². The molecule has 7 heteroatoms. The number of quaternary nitrogens is 1. The molecule has 0 atom stereocenters. The monoisotopic (exact) mass is 398 g/mol. The predicted molar refractivity (Wildman–Crippen MR) is 110 cm³/mol. The molecule has 0 aromatic heterocycles. The van der Waals surface area contributed by atoms with Crippen molar-refractivity contribution in [3.8, 4) is 5.75 Å². The van der Waals surface area contributed by atoms with E-state index in [4.69, 9.17) is 4.74 Å². The van der Waals surface area contributed by atoms with Gasteiger partial charge in [-0.3, -0.25) is 14.9 Å². The number of benzene rings is 2. The third-order valence-electron chi connectivity index (χ3n) is 5.21. The van der Waals surface area contributed by atoms with Gasteiger partial charge < -0.3 is 15.0 Å². The number of likely N-dealkylation sites (tertiary alicyclic amines) is 1. The number of hydrogen-bond acceptors (Lipinski definition) is 4. The zero-order chi connectivity index (χ0) is 20.6. The van der Waals surface area contributed by atoms with Gasteiger partial charge in [-0.05, 0) is 43.9 Å². The van der Waals surface area contributed by atoms with Crippen molar-refractivity contribution >= 4 is 11.6 Å². The lowest BCUT2D eigenvalue weighted by atomic mass is 10.1. The first kappa shape index (κ1) is 20.8. The summed E-state index contributed by atoms with van der Waals surface area (Å²) in [7, 11) is 0. The molecule has 7 nitrogen and oxygen atoms in total. The van der Waals surface area contributed by atoms with Crippen molar-refractivity contribution in [2.45, 2.75) is 39.3 Å². The van der Waals surface area contributed by atoms with E-state index in [9.17, 15) is 14.9 Å². The number of hydrogen-bond donors (Lipinski definition) is 2. The van der Waals surface area contributed by atoms with E-state index >= 15 is 0 Å². The van der Waals surface area contributed by atoms with Gasteiger partial charge in [-0.25, -0.2) is 0 Å². The molecule has 0 saturated carbocycles. The second-order valence-electron chi connectivity index (χ2n) is 7.36. The highest BCUT2D eigenvalue weighted by atomic mass is 16.6. The van der Waals surface area contributed by atoms with Crippen LogP contribution in [0.5, 0.6) is 5.75 Å². The smallest absolute Gasteiger partial charge is 0.311 e. The first-order valence-corrected chi connectivity index (χ1v) is 10.2. The summed E-state index contributed by atoms with van der Waals surface area (Å²) < 4.78 is 5.25. The van der Waals surface area contributed by atoms with E-state index in [1.54, 1.807) is 11.8 Å².